The van der Waals surface area contributed by atoms with Crippen LogP contribution in [0.3, 0.4) is 0 Å². The predicted molar refractivity (Wildman–Crippen MR) is 115 cm³/mol. The molecule has 2 aromatic carbocycles. The van der Waals surface area contributed by atoms with Crippen LogP contribution in [0, 0.1) is 19.3 Å². The SMILES string of the molecule is C#CCN1C(=O)S/C(=C/c2ccc(OCc3ccc(C)cc3)c(OCC)c2)C1=O. The number of carbonyl (C=O) groups excluding carboxylic acids is 2. The van der Waals surface area contributed by atoms with Crippen LogP contribution in [0.2, 0.25) is 0 Å². The first-order valence-electron chi connectivity index (χ1n) is 9.16. The van der Waals surface area contributed by atoms with Crippen LogP contribution in [0.4, 0.5) is 4.79 Å². The summed E-state index contributed by atoms with van der Waals surface area (Å²) in [6.07, 6.45) is 6.88. The third kappa shape index (κ3) is 5.01. The lowest BCUT2D eigenvalue weighted by molar-refractivity contribution is -0.122. The summed E-state index contributed by atoms with van der Waals surface area (Å²) in [5, 5.41) is -0.359. The Morgan fingerprint density at radius 1 is 1.10 bits per heavy atom. The van der Waals surface area contributed by atoms with Crippen molar-refractivity contribution >= 4 is 29.0 Å². The van der Waals surface area contributed by atoms with Crippen LogP contribution in [0.15, 0.2) is 47.4 Å². The van der Waals surface area contributed by atoms with Crippen molar-refractivity contribution in [2.45, 2.75) is 20.5 Å². The number of hydrogen-bond acceptors (Lipinski definition) is 5. The summed E-state index contributed by atoms with van der Waals surface area (Å²) in [4.78, 5) is 25.7. The molecule has 3 rings (SSSR count). The van der Waals surface area contributed by atoms with Crippen molar-refractivity contribution in [1.29, 1.82) is 0 Å². The number of aryl methyl sites for hydroxylation is 1. The van der Waals surface area contributed by atoms with Gasteiger partial charge in [-0.3, -0.25) is 14.5 Å². The lowest BCUT2D eigenvalue weighted by atomic mass is 10.1. The first-order valence-corrected chi connectivity index (χ1v) is 9.97. The highest BCUT2D eigenvalue weighted by Gasteiger charge is 2.34. The second-order valence-electron chi connectivity index (χ2n) is 6.39. The van der Waals surface area contributed by atoms with Gasteiger partial charge in [-0.2, -0.15) is 0 Å². The van der Waals surface area contributed by atoms with Gasteiger partial charge in [-0.05, 0) is 54.9 Å². The number of imide groups is 1. The smallest absolute Gasteiger partial charge is 0.294 e. The van der Waals surface area contributed by atoms with E-state index in [1.54, 1.807) is 18.2 Å². The van der Waals surface area contributed by atoms with Crippen molar-refractivity contribution in [2.24, 2.45) is 0 Å². The summed E-state index contributed by atoms with van der Waals surface area (Å²) < 4.78 is 11.6. The molecule has 148 valence electrons. The van der Waals surface area contributed by atoms with Gasteiger partial charge in [-0.1, -0.05) is 41.8 Å². The van der Waals surface area contributed by atoms with Gasteiger partial charge in [-0.15, -0.1) is 6.42 Å². The standard InChI is InChI=1S/C23H21NO4S/c1-4-12-24-22(25)21(29-23(24)26)14-18-10-11-19(20(13-18)27-5-2)28-15-17-8-6-16(3)7-9-17/h1,6-11,13-14H,5,12,15H2,2-3H3/b21-14+. The minimum absolute atomic E-state index is 0.0298. The largest absolute Gasteiger partial charge is 0.490 e. The van der Waals surface area contributed by atoms with Gasteiger partial charge in [0, 0.05) is 0 Å². The Labute approximate surface area is 174 Å². The highest BCUT2D eigenvalue weighted by atomic mass is 32.2. The second kappa shape index (κ2) is 9.35. The molecule has 1 saturated heterocycles. The number of carbonyl (C=O) groups is 2. The number of amides is 2. The molecule has 0 saturated carbocycles. The topological polar surface area (TPSA) is 55.8 Å². The molecule has 0 spiro atoms. The van der Waals surface area contributed by atoms with Crippen LogP contribution >= 0.6 is 11.8 Å². The van der Waals surface area contributed by atoms with E-state index in [-0.39, 0.29) is 17.7 Å². The number of benzene rings is 2. The molecule has 0 radical (unpaired) electrons. The maximum Gasteiger partial charge on any atom is 0.294 e. The van der Waals surface area contributed by atoms with Crippen LogP contribution in [0.5, 0.6) is 11.5 Å². The van der Waals surface area contributed by atoms with E-state index >= 15 is 0 Å². The summed E-state index contributed by atoms with van der Waals surface area (Å²) in [6, 6.07) is 13.5. The summed E-state index contributed by atoms with van der Waals surface area (Å²) in [5.74, 6) is 3.14. The van der Waals surface area contributed by atoms with Crippen molar-refractivity contribution in [1.82, 2.24) is 4.90 Å². The Kier molecular flexibility index (Phi) is 6.63. The molecule has 0 bridgehead atoms. The van der Waals surface area contributed by atoms with Gasteiger partial charge in [0.2, 0.25) is 0 Å². The van der Waals surface area contributed by atoms with E-state index in [0.29, 0.717) is 29.6 Å². The van der Waals surface area contributed by atoms with Crippen LogP contribution in [-0.2, 0) is 11.4 Å². The van der Waals surface area contributed by atoms with Crippen LogP contribution in [0.25, 0.3) is 6.08 Å². The van der Waals surface area contributed by atoms with Crippen molar-refractivity contribution in [3.05, 3.63) is 64.1 Å². The zero-order valence-corrected chi connectivity index (χ0v) is 17.1. The first-order chi connectivity index (χ1) is 14.0. The minimum Gasteiger partial charge on any atom is -0.490 e. The molecule has 1 fully saturated rings. The Hall–Kier alpha value is -3.17. The summed E-state index contributed by atoms with van der Waals surface area (Å²) in [5.41, 5.74) is 2.99. The average molecular weight is 407 g/mol. The molecule has 2 aromatic rings. The number of nitrogens with zero attached hydrogens (tertiary/aromatic N) is 1. The van der Waals surface area contributed by atoms with E-state index in [9.17, 15) is 9.59 Å². The zero-order chi connectivity index (χ0) is 20.8. The molecule has 0 aliphatic carbocycles. The van der Waals surface area contributed by atoms with Gasteiger partial charge < -0.3 is 9.47 Å². The molecule has 0 unspecified atom stereocenters. The molecule has 5 nitrogen and oxygen atoms in total. The van der Waals surface area contributed by atoms with Crippen molar-refractivity contribution in [3.8, 4) is 23.8 Å². The fraction of sp³-hybridized carbons (Fsp3) is 0.217. The summed E-state index contributed by atoms with van der Waals surface area (Å²) in [7, 11) is 0. The third-order valence-electron chi connectivity index (χ3n) is 4.20. The normalized spacial score (nSPS) is 14.9. The molecule has 29 heavy (non-hydrogen) atoms. The van der Waals surface area contributed by atoms with Gasteiger partial charge in [-0.25, -0.2) is 0 Å². The third-order valence-corrected chi connectivity index (χ3v) is 5.11. The quantitative estimate of drug-likeness (QED) is 0.494. The van der Waals surface area contributed by atoms with Gasteiger partial charge in [0.05, 0.1) is 18.1 Å². The number of rotatable bonds is 7. The van der Waals surface area contributed by atoms with Crippen molar-refractivity contribution in [2.75, 3.05) is 13.2 Å². The van der Waals surface area contributed by atoms with E-state index in [1.165, 1.54) is 5.56 Å². The van der Waals surface area contributed by atoms with Crippen LogP contribution in [0.1, 0.15) is 23.6 Å². The maximum absolute atomic E-state index is 12.3. The highest BCUT2D eigenvalue weighted by molar-refractivity contribution is 8.18. The zero-order valence-electron chi connectivity index (χ0n) is 16.3. The molecule has 0 atom stereocenters. The lowest BCUT2D eigenvalue weighted by Gasteiger charge is -2.13. The molecule has 6 heteroatoms. The monoisotopic (exact) mass is 407 g/mol. The number of ether oxygens (including phenoxy) is 2. The van der Waals surface area contributed by atoms with E-state index < -0.39 is 0 Å². The molecule has 1 heterocycles. The van der Waals surface area contributed by atoms with Crippen molar-refractivity contribution in [3.63, 3.8) is 0 Å². The fourth-order valence-electron chi connectivity index (χ4n) is 2.73. The molecule has 0 aromatic heterocycles. The number of thioether (sulfide) groups is 1. The van der Waals surface area contributed by atoms with Gasteiger partial charge in [0.1, 0.15) is 6.61 Å². The lowest BCUT2D eigenvalue weighted by Crippen LogP contribution is -2.28. The Morgan fingerprint density at radius 3 is 2.55 bits per heavy atom. The van der Waals surface area contributed by atoms with E-state index in [2.05, 4.69) is 5.92 Å². The van der Waals surface area contributed by atoms with Crippen LogP contribution in [-0.4, -0.2) is 29.2 Å². The molecular weight excluding hydrogens is 386 g/mol. The van der Waals surface area contributed by atoms with E-state index in [4.69, 9.17) is 15.9 Å². The van der Waals surface area contributed by atoms with Gasteiger partial charge in [0.15, 0.2) is 11.5 Å². The molecule has 0 N–H and O–H groups in total. The Bertz CT molecular complexity index is 989. The Morgan fingerprint density at radius 2 is 1.86 bits per heavy atom. The minimum atomic E-state index is -0.379. The highest BCUT2D eigenvalue weighted by Crippen LogP contribution is 2.34. The van der Waals surface area contributed by atoms with Gasteiger partial charge in [0.25, 0.3) is 11.1 Å². The summed E-state index contributed by atoms with van der Waals surface area (Å²) >= 11 is 0.880. The first kappa shape index (κ1) is 20.6. The van der Waals surface area contributed by atoms with E-state index in [0.717, 1.165) is 27.8 Å². The van der Waals surface area contributed by atoms with E-state index in [1.807, 2.05) is 44.2 Å². The molecule has 1 aliphatic rings. The molecule has 2 amide bonds. The average Bonchev–Trinajstić information content (AvgIpc) is 2.97. The Balaban J connectivity index is 1.79. The molecule has 1 aliphatic heterocycles. The fourth-order valence-corrected chi connectivity index (χ4v) is 3.56. The predicted octanol–water partition coefficient (Wildman–Crippen LogP) is 4.64. The van der Waals surface area contributed by atoms with Crippen molar-refractivity contribution < 1.29 is 19.1 Å². The van der Waals surface area contributed by atoms with Gasteiger partial charge >= 0.3 is 0 Å². The number of terminal acetylenes is 1. The van der Waals surface area contributed by atoms with Crippen LogP contribution < -0.4 is 9.47 Å². The second-order valence-corrected chi connectivity index (χ2v) is 7.38. The number of hydrogen-bond donors (Lipinski definition) is 0. The maximum atomic E-state index is 12.3. The summed E-state index contributed by atoms with van der Waals surface area (Å²) in [6.45, 7) is 4.80. The molecular formula is C23H21NO4S.